The molecule has 1 amide bonds. The number of piperidine rings is 1. The van der Waals surface area contributed by atoms with Crippen LogP contribution in [0.1, 0.15) is 42.0 Å². The standard InChI is InChI=1S/C28H26FN3O3/c1-18-16-19(7-12-23(18)29)26(33)24-25(20-6-5-13-30-17-20)32(28(35)27(24)34)22-10-8-21(9-11-22)31-14-3-2-4-15-31/h5-13,16-17,25,33H,2-4,14-15H2,1H3/b26-24-. The number of aromatic nitrogens is 1. The van der Waals surface area contributed by atoms with E-state index < -0.39 is 23.5 Å². The van der Waals surface area contributed by atoms with Gasteiger partial charge in [0.1, 0.15) is 11.6 Å². The summed E-state index contributed by atoms with van der Waals surface area (Å²) in [4.78, 5) is 34.4. The van der Waals surface area contributed by atoms with Crippen LogP contribution in [0.25, 0.3) is 5.76 Å². The molecule has 6 nitrogen and oxygen atoms in total. The molecule has 0 spiro atoms. The molecule has 5 rings (SSSR count). The third-order valence-corrected chi connectivity index (χ3v) is 6.73. The van der Waals surface area contributed by atoms with Crippen LogP contribution in [0.2, 0.25) is 0 Å². The molecule has 178 valence electrons. The Morgan fingerprint density at radius 1 is 1.00 bits per heavy atom. The molecule has 7 heteroatoms. The van der Waals surface area contributed by atoms with E-state index >= 15 is 0 Å². The van der Waals surface area contributed by atoms with E-state index in [4.69, 9.17) is 0 Å². The second kappa shape index (κ2) is 9.33. The van der Waals surface area contributed by atoms with Crippen LogP contribution in [-0.2, 0) is 9.59 Å². The van der Waals surface area contributed by atoms with Crippen LogP contribution in [-0.4, -0.2) is 34.9 Å². The summed E-state index contributed by atoms with van der Waals surface area (Å²) in [5, 5.41) is 11.2. The molecule has 1 aromatic heterocycles. The average Bonchev–Trinajstić information content (AvgIpc) is 3.16. The number of halogens is 1. The maximum Gasteiger partial charge on any atom is 0.300 e. The highest BCUT2D eigenvalue weighted by Gasteiger charge is 2.47. The number of aryl methyl sites for hydroxylation is 1. The number of pyridine rings is 1. The third kappa shape index (κ3) is 4.18. The molecule has 3 heterocycles. The van der Waals surface area contributed by atoms with Crippen molar-refractivity contribution in [2.24, 2.45) is 0 Å². The zero-order valence-corrected chi connectivity index (χ0v) is 19.4. The van der Waals surface area contributed by atoms with Crippen molar-refractivity contribution in [1.29, 1.82) is 0 Å². The summed E-state index contributed by atoms with van der Waals surface area (Å²) in [6.07, 6.45) is 6.72. The lowest BCUT2D eigenvalue weighted by atomic mass is 9.95. The summed E-state index contributed by atoms with van der Waals surface area (Å²) >= 11 is 0. The van der Waals surface area contributed by atoms with E-state index in [0.29, 0.717) is 16.8 Å². The van der Waals surface area contributed by atoms with Gasteiger partial charge in [0.05, 0.1) is 11.6 Å². The molecule has 2 aromatic carbocycles. The lowest BCUT2D eigenvalue weighted by Crippen LogP contribution is -2.30. The predicted molar refractivity (Wildman–Crippen MR) is 133 cm³/mol. The van der Waals surface area contributed by atoms with Crippen molar-refractivity contribution in [1.82, 2.24) is 4.98 Å². The quantitative estimate of drug-likeness (QED) is 0.324. The molecule has 0 saturated carbocycles. The number of amides is 1. The minimum absolute atomic E-state index is 0.0471. The summed E-state index contributed by atoms with van der Waals surface area (Å²) in [5.41, 5.74) is 2.77. The number of rotatable bonds is 4. The van der Waals surface area contributed by atoms with E-state index in [1.807, 2.05) is 24.3 Å². The average molecular weight is 472 g/mol. The van der Waals surface area contributed by atoms with Crippen LogP contribution < -0.4 is 9.80 Å². The molecule has 2 saturated heterocycles. The highest BCUT2D eigenvalue weighted by atomic mass is 19.1. The number of hydrogen-bond acceptors (Lipinski definition) is 5. The van der Waals surface area contributed by atoms with Gasteiger partial charge in [-0.2, -0.15) is 0 Å². The van der Waals surface area contributed by atoms with Crippen molar-refractivity contribution in [2.45, 2.75) is 32.2 Å². The van der Waals surface area contributed by atoms with E-state index in [9.17, 15) is 19.1 Å². The third-order valence-electron chi connectivity index (χ3n) is 6.73. The fraction of sp³-hybridized carbons (Fsp3) is 0.250. The number of anilines is 2. The lowest BCUT2D eigenvalue weighted by Gasteiger charge is -2.30. The van der Waals surface area contributed by atoms with Gasteiger partial charge >= 0.3 is 0 Å². The molecule has 1 N–H and O–H groups in total. The monoisotopic (exact) mass is 471 g/mol. The van der Waals surface area contributed by atoms with E-state index in [1.165, 1.54) is 29.5 Å². The molecule has 2 aliphatic rings. The molecule has 0 aliphatic carbocycles. The number of hydrogen-bond donors (Lipinski definition) is 1. The second-order valence-corrected chi connectivity index (χ2v) is 8.98. The second-order valence-electron chi connectivity index (χ2n) is 8.98. The highest BCUT2D eigenvalue weighted by molar-refractivity contribution is 6.51. The van der Waals surface area contributed by atoms with Crippen LogP contribution in [0, 0.1) is 12.7 Å². The molecular weight excluding hydrogens is 445 g/mol. The molecule has 35 heavy (non-hydrogen) atoms. The van der Waals surface area contributed by atoms with Gasteiger partial charge in [-0.15, -0.1) is 0 Å². The Labute approximate surface area is 203 Å². The van der Waals surface area contributed by atoms with Gasteiger partial charge in [0.2, 0.25) is 0 Å². The van der Waals surface area contributed by atoms with Crippen molar-refractivity contribution < 1.29 is 19.1 Å². The first-order valence-electron chi connectivity index (χ1n) is 11.8. The maximum atomic E-state index is 13.8. The van der Waals surface area contributed by atoms with Gasteiger partial charge in [0.25, 0.3) is 11.7 Å². The number of benzene rings is 2. The number of Topliss-reactive ketones (excluding diaryl/α,β-unsaturated/α-hetero) is 1. The molecular formula is C28H26FN3O3. The van der Waals surface area contributed by atoms with Crippen LogP contribution in [0.15, 0.2) is 72.6 Å². The van der Waals surface area contributed by atoms with Gasteiger partial charge < -0.3 is 10.0 Å². The number of carbonyl (C=O) groups is 2. The minimum Gasteiger partial charge on any atom is -0.507 e. The predicted octanol–water partition coefficient (Wildman–Crippen LogP) is 5.15. The first-order valence-corrected chi connectivity index (χ1v) is 11.8. The first kappa shape index (κ1) is 22.8. The van der Waals surface area contributed by atoms with Crippen molar-refractivity contribution >= 4 is 28.8 Å². The maximum absolute atomic E-state index is 13.8. The van der Waals surface area contributed by atoms with Crippen molar-refractivity contribution in [3.63, 3.8) is 0 Å². The van der Waals surface area contributed by atoms with Gasteiger partial charge in [0, 0.05) is 42.4 Å². The highest BCUT2D eigenvalue weighted by Crippen LogP contribution is 2.42. The molecule has 0 bridgehead atoms. The number of carbonyl (C=O) groups excluding carboxylic acids is 2. The van der Waals surface area contributed by atoms with E-state index in [1.54, 1.807) is 31.5 Å². The molecule has 3 aromatic rings. The normalized spacial score (nSPS) is 19.9. The fourth-order valence-corrected chi connectivity index (χ4v) is 4.88. The summed E-state index contributed by atoms with van der Waals surface area (Å²) in [6, 6.07) is 14.3. The molecule has 0 radical (unpaired) electrons. The van der Waals surface area contributed by atoms with Crippen LogP contribution in [0.5, 0.6) is 0 Å². The van der Waals surface area contributed by atoms with Gasteiger partial charge in [-0.1, -0.05) is 6.07 Å². The Balaban J connectivity index is 1.60. The zero-order chi connectivity index (χ0) is 24.5. The molecule has 1 unspecified atom stereocenters. The summed E-state index contributed by atoms with van der Waals surface area (Å²) < 4.78 is 13.8. The number of ketones is 1. The van der Waals surface area contributed by atoms with Gasteiger partial charge in [-0.25, -0.2) is 4.39 Å². The molecule has 1 atom stereocenters. The summed E-state index contributed by atoms with van der Waals surface area (Å²) in [5.74, 6) is -2.28. The van der Waals surface area contributed by atoms with Gasteiger partial charge in [-0.05, 0) is 85.8 Å². The van der Waals surface area contributed by atoms with E-state index in [-0.39, 0.29) is 16.9 Å². The Kier molecular flexibility index (Phi) is 6.07. The van der Waals surface area contributed by atoms with Gasteiger partial charge in [-0.3, -0.25) is 19.5 Å². The largest absolute Gasteiger partial charge is 0.507 e. The lowest BCUT2D eigenvalue weighted by molar-refractivity contribution is -0.132. The first-order chi connectivity index (χ1) is 17.0. The number of nitrogens with zero attached hydrogens (tertiary/aromatic N) is 3. The SMILES string of the molecule is Cc1cc(/C(O)=C2/C(=O)C(=O)N(c3ccc(N4CCCCC4)cc3)C2c2cccnc2)ccc1F. The number of aliphatic hydroxyl groups is 1. The van der Waals surface area contributed by atoms with Crippen LogP contribution in [0.4, 0.5) is 15.8 Å². The van der Waals surface area contributed by atoms with Crippen molar-refractivity contribution in [3.05, 3.63) is 95.1 Å². The molecule has 2 fully saturated rings. The van der Waals surface area contributed by atoms with Crippen molar-refractivity contribution in [2.75, 3.05) is 22.9 Å². The van der Waals surface area contributed by atoms with E-state index in [2.05, 4.69) is 9.88 Å². The van der Waals surface area contributed by atoms with Crippen LogP contribution in [0.3, 0.4) is 0 Å². The number of aliphatic hydroxyl groups excluding tert-OH is 1. The van der Waals surface area contributed by atoms with E-state index in [0.717, 1.165) is 31.6 Å². The van der Waals surface area contributed by atoms with Crippen LogP contribution >= 0.6 is 0 Å². The van der Waals surface area contributed by atoms with Crippen molar-refractivity contribution in [3.8, 4) is 0 Å². The Hall–Kier alpha value is -4.00. The zero-order valence-electron chi connectivity index (χ0n) is 19.4. The summed E-state index contributed by atoms with van der Waals surface area (Å²) in [6.45, 7) is 3.57. The topological polar surface area (TPSA) is 73.7 Å². The Bertz CT molecular complexity index is 1300. The summed E-state index contributed by atoms with van der Waals surface area (Å²) in [7, 11) is 0. The minimum atomic E-state index is -0.866. The smallest absolute Gasteiger partial charge is 0.300 e. The fourth-order valence-electron chi connectivity index (χ4n) is 4.88. The van der Waals surface area contributed by atoms with Gasteiger partial charge in [0.15, 0.2) is 0 Å². The Morgan fingerprint density at radius 2 is 1.71 bits per heavy atom. The molecule has 2 aliphatic heterocycles. The Morgan fingerprint density at radius 3 is 2.37 bits per heavy atom.